The third-order valence-electron chi connectivity index (χ3n) is 22.5. The molecule has 0 fully saturated rings. The molecule has 10 aromatic heterocycles. The molecule has 144 heavy (non-hydrogen) atoms. The Morgan fingerprint density at radius 3 is 0.986 bits per heavy atom. The van der Waals surface area contributed by atoms with Crippen molar-refractivity contribution in [3.05, 3.63) is 353 Å². The zero-order valence-electron chi connectivity index (χ0n) is 79.4. The number of hydrogen-bond donors (Lipinski definition) is 5. The van der Waals surface area contributed by atoms with E-state index in [1.54, 1.807) is 24.8 Å². The summed E-state index contributed by atoms with van der Waals surface area (Å²) in [7, 11) is 0. The van der Waals surface area contributed by atoms with E-state index in [2.05, 4.69) is 156 Å². The zero-order valence-corrected chi connectivity index (χ0v) is 85.8. The molecule has 0 aliphatic carbocycles. The van der Waals surface area contributed by atoms with E-state index in [-0.39, 0.29) is 67.5 Å². The molecule has 0 amide bonds. The van der Waals surface area contributed by atoms with E-state index < -0.39 is 29.8 Å². The standard InChI is InChI=1S/C22H19ClN4O2S.C22H20N4O3.C22H20N4O2S.C20H15BrN4O3.C20H15BrN4O2S/c1-12(2)15-9-4-5-10-16(15)27-19(17(23)18(26-27)22(28)29)21-25-24-20(30-21)14-8-6-7-13(3)11-14;2*1-13(2)16-9-4-5-10-18(16)26-19(12-17(25-26)22(27)28)21-24-23-20(29-21)15-8-6-7-14(3)11-15;2*1-11-6-5-8-13(10-11)18-22-23-19(28-18)17-15(21)16(20(26)27)24-25(17)14-9-4-3-7-12(14)2/h4-12H,1-3H3,(H,28,29);2*4-13H,1-3H3,(H,27,28);2*3-10H,1-2H3,(H,26,27). The highest BCUT2D eigenvalue weighted by molar-refractivity contribution is 9.11. The maximum atomic E-state index is 11.7. The third-order valence-corrected chi connectivity index (χ3v) is 27.3. The second-order valence-corrected chi connectivity index (χ2v) is 39.0. The largest absolute Gasteiger partial charge is 0.476 e. The second kappa shape index (κ2) is 43.9. The number of carboxylic acid groups (broad SMARTS) is 5. The number of nitrogens with zero attached hydrogens (tertiary/aromatic N) is 20. The van der Waals surface area contributed by atoms with Crippen molar-refractivity contribution in [2.24, 2.45) is 0 Å². The third kappa shape index (κ3) is 22.1. The summed E-state index contributed by atoms with van der Waals surface area (Å²) >= 11 is 17.4. The van der Waals surface area contributed by atoms with Crippen LogP contribution in [0.25, 0.3) is 138 Å². The molecule has 5 N–H and O–H groups in total. The van der Waals surface area contributed by atoms with E-state index in [0.29, 0.717) is 59.7 Å². The van der Waals surface area contributed by atoms with Crippen LogP contribution in [0.3, 0.4) is 0 Å². The SMILES string of the molecule is Cc1cccc(-c2nnc(-c3c(Br)c(C(=O)O)nn3-c3ccccc3C)o2)c1.Cc1cccc(-c2nnc(-c3c(Br)c(C(=O)O)nn3-c3ccccc3C)s2)c1.Cc1cccc(-c2nnc(-c3c(Cl)c(C(=O)O)nn3-c3ccccc3C(C)C)s2)c1.Cc1cccc(-c2nnc(-c3cc(C(=O)O)nn3-c3ccccc3C(C)C)o2)c1.Cc1cccc(-c2nnc(-c3cc(C(=O)O)nn3-c3ccccc3C(C)C)s2)c1. The molecule has 10 aromatic carbocycles. The molecule has 20 aromatic rings. The smallest absolute Gasteiger partial charge is 0.358 e. The Labute approximate surface area is 858 Å². The summed E-state index contributed by atoms with van der Waals surface area (Å²) in [6.07, 6.45) is 0. The van der Waals surface area contributed by atoms with E-state index in [0.717, 1.165) is 127 Å². The number of carbonyl (C=O) groups is 5. The lowest BCUT2D eigenvalue weighted by atomic mass is 10.0. The van der Waals surface area contributed by atoms with Crippen molar-refractivity contribution in [2.75, 3.05) is 0 Å². The highest BCUT2D eigenvalue weighted by atomic mass is 79.9. The average molecular weight is 2130 g/mol. The van der Waals surface area contributed by atoms with Crippen LogP contribution in [0.1, 0.15) is 167 Å². The molecule has 32 nitrogen and oxygen atoms in total. The number of hydrogen-bond acceptors (Lipinski definition) is 25. The topological polar surface area (TPSA) is 431 Å². The minimum atomic E-state index is -1.19. The first-order valence-electron chi connectivity index (χ1n) is 44.8. The van der Waals surface area contributed by atoms with Gasteiger partial charge in [-0.05, 0) is 199 Å². The number of halogens is 3. The molecule has 0 atom stereocenters. The normalized spacial score (nSPS) is 11.1. The molecule has 0 saturated carbocycles. The molecule has 0 saturated heterocycles. The van der Waals surface area contributed by atoms with Gasteiger partial charge in [0.25, 0.3) is 11.8 Å². The van der Waals surface area contributed by atoms with Gasteiger partial charge in [-0.3, -0.25) is 0 Å². The molecule has 0 aliphatic heterocycles. The van der Waals surface area contributed by atoms with Crippen LogP contribution in [0.5, 0.6) is 0 Å². The lowest BCUT2D eigenvalue weighted by Gasteiger charge is -2.14. The monoisotopic (exact) mass is 2120 g/mol. The Kier molecular flexibility index (Phi) is 30.7. The van der Waals surface area contributed by atoms with Crippen LogP contribution in [0, 0.1) is 48.5 Å². The van der Waals surface area contributed by atoms with Crippen LogP contribution in [0.2, 0.25) is 5.02 Å². The highest BCUT2D eigenvalue weighted by Crippen LogP contribution is 2.44. The number of aryl methyl sites for hydroxylation is 7. The Bertz CT molecular complexity index is 7850. The van der Waals surface area contributed by atoms with Gasteiger partial charge in [0.05, 0.1) is 37.4 Å². The van der Waals surface area contributed by atoms with Crippen LogP contribution >= 0.6 is 77.5 Å². The van der Waals surface area contributed by atoms with Gasteiger partial charge in [-0.15, -0.1) is 51.0 Å². The molecule has 20 rings (SSSR count). The second-order valence-electron chi connectivity index (χ2n) is 34.1. The van der Waals surface area contributed by atoms with Gasteiger partial charge in [-0.2, -0.15) is 25.5 Å². The molecular formula is C106H89Br2ClN20O12S3. The molecule has 38 heteroatoms. The fourth-order valence-corrected chi connectivity index (χ4v) is 19.8. The Balaban J connectivity index is 0.000000129. The van der Waals surface area contributed by atoms with Crippen molar-refractivity contribution in [3.8, 4) is 138 Å². The Morgan fingerprint density at radius 1 is 0.292 bits per heavy atom. The number of rotatable bonds is 23. The summed E-state index contributed by atoms with van der Waals surface area (Å²) < 4.78 is 20.4. The van der Waals surface area contributed by atoms with Gasteiger partial charge in [-0.1, -0.05) is 285 Å². The van der Waals surface area contributed by atoms with E-state index in [4.69, 9.17) is 20.4 Å². The predicted octanol–water partition coefficient (Wildman–Crippen LogP) is 25.6. The number of carboxylic acids is 5. The van der Waals surface area contributed by atoms with Crippen molar-refractivity contribution >= 4 is 107 Å². The highest BCUT2D eigenvalue weighted by Gasteiger charge is 2.33. The number of para-hydroxylation sites is 5. The lowest BCUT2D eigenvalue weighted by Crippen LogP contribution is -2.06. The number of aromatic carboxylic acids is 5. The Morgan fingerprint density at radius 2 is 0.590 bits per heavy atom. The maximum Gasteiger partial charge on any atom is 0.358 e. The summed E-state index contributed by atoms with van der Waals surface area (Å²) in [5.41, 5.74) is 20.9. The van der Waals surface area contributed by atoms with Crippen molar-refractivity contribution < 1.29 is 58.3 Å². The van der Waals surface area contributed by atoms with E-state index >= 15 is 0 Å². The van der Waals surface area contributed by atoms with Gasteiger partial charge in [0, 0.05) is 39.9 Å². The molecule has 0 radical (unpaired) electrons. The number of benzene rings is 10. The molecule has 0 bridgehead atoms. The minimum Gasteiger partial charge on any atom is -0.476 e. The van der Waals surface area contributed by atoms with Crippen molar-refractivity contribution in [3.63, 3.8) is 0 Å². The van der Waals surface area contributed by atoms with Gasteiger partial charge in [0.2, 0.25) is 11.8 Å². The van der Waals surface area contributed by atoms with Crippen molar-refractivity contribution in [1.82, 2.24) is 99.9 Å². The molecule has 724 valence electrons. The van der Waals surface area contributed by atoms with Crippen LogP contribution in [0.15, 0.2) is 273 Å². The molecule has 0 spiro atoms. The fourth-order valence-electron chi connectivity index (χ4n) is 15.5. The lowest BCUT2D eigenvalue weighted by molar-refractivity contribution is 0.0678. The molecule has 10 heterocycles. The van der Waals surface area contributed by atoms with Gasteiger partial charge in [0.1, 0.15) is 48.5 Å². The van der Waals surface area contributed by atoms with Gasteiger partial charge >= 0.3 is 29.8 Å². The first-order chi connectivity index (χ1) is 69.1. The van der Waals surface area contributed by atoms with Gasteiger partial charge < -0.3 is 34.4 Å². The van der Waals surface area contributed by atoms with E-state index in [1.165, 1.54) is 44.8 Å². The van der Waals surface area contributed by atoms with Crippen LogP contribution in [-0.4, -0.2) is 155 Å². The van der Waals surface area contributed by atoms with Crippen LogP contribution < -0.4 is 0 Å². The minimum absolute atomic E-state index is 0.0223. The predicted molar refractivity (Wildman–Crippen MR) is 559 cm³/mol. The van der Waals surface area contributed by atoms with Crippen LogP contribution in [0.4, 0.5) is 0 Å². The summed E-state index contributed by atoms with van der Waals surface area (Å²) in [5.74, 6) is -3.86. The molecular weight excluding hydrogens is 2040 g/mol. The summed E-state index contributed by atoms with van der Waals surface area (Å²) in [6.45, 7) is 26.4. The summed E-state index contributed by atoms with van der Waals surface area (Å²) in [6, 6.07) is 81.0. The summed E-state index contributed by atoms with van der Waals surface area (Å²) in [4.78, 5) is 58.2. The molecule has 0 unspecified atom stereocenters. The van der Waals surface area contributed by atoms with E-state index in [1.807, 2.05) is 285 Å². The summed E-state index contributed by atoms with van der Waals surface area (Å²) in [5, 5.41) is 116. The number of aromatic nitrogens is 20. The van der Waals surface area contributed by atoms with Gasteiger partial charge in [-0.25, -0.2) is 47.4 Å². The van der Waals surface area contributed by atoms with Crippen LogP contribution in [-0.2, 0) is 0 Å². The quantitative estimate of drug-likeness (QED) is 0.0397. The average Bonchev–Trinajstić information content (AvgIpc) is 1.62. The van der Waals surface area contributed by atoms with E-state index in [9.17, 15) is 49.5 Å². The maximum absolute atomic E-state index is 11.7. The van der Waals surface area contributed by atoms with Gasteiger partial charge in [0.15, 0.2) is 43.5 Å². The fraction of sp³-hybridized carbons (Fsp3) is 0.151. The molecule has 0 aliphatic rings. The Hall–Kier alpha value is -16.2. The van der Waals surface area contributed by atoms with Crippen molar-refractivity contribution in [2.45, 2.75) is 108 Å². The van der Waals surface area contributed by atoms with Crippen molar-refractivity contribution in [1.29, 1.82) is 0 Å². The zero-order chi connectivity index (χ0) is 102. The first-order valence-corrected chi connectivity index (χ1v) is 49.2. The first kappa shape index (κ1) is 101.